The largest absolute Gasteiger partial charge is 0.340 e. The lowest BCUT2D eigenvalue weighted by molar-refractivity contribution is -0.134. The van der Waals surface area contributed by atoms with Crippen molar-refractivity contribution in [2.45, 2.75) is 45.1 Å². The number of piperidine rings is 1. The van der Waals surface area contributed by atoms with Gasteiger partial charge in [-0.3, -0.25) is 14.9 Å². The Bertz CT molecular complexity index is 551. The molecular weight excluding hydrogens is 284 g/mol. The molecule has 1 atom stereocenters. The predicted molar refractivity (Wildman–Crippen MR) is 81.5 cm³/mol. The molecule has 1 unspecified atom stereocenters. The highest BCUT2D eigenvalue weighted by Gasteiger charge is 2.32. The molecule has 22 heavy (non-hydrogen) atoms. The molecule has 120 valence electrons. The summed E-state index contributed by atoms with van der Waals surface area (Å²) in [6.07, 6.45) is 5.08. The Morgan fingerprint density at radius 2 is 1.95 bits per heavy atom. The molecular formula is C14H22N6O2. The first-order chi connectivity index (χ1) is 10.6. The second-order valence-corrected chi connectivity index (χ2v) is 5.89. The molecule has 2 amide bonds. The fraction of sp³-hybridized carbons (Fsp3) is 0.714. The molecule has 0 aliphatic carbocycles. The fourth-order valence-electron chi connectivity index (χ4n) is 3.16. The van der Waals surface area contributed by atoms with E-state index in [2.05, 4.69) is 25.4 Å². The highest BCUT2D eigenvalue weighted by molar-refractivity contribution is 5.96. The maximum atomic E-state index is 12.3. The topological polar surface area (TPSA) is 94.2 Å². The van der Waals surface area contributed by atoms with Gasteiger partial charge < -0.3 is 9.80 Å². The summed E-state index contributed by atoms with van der Waals surface area (Å²) in [5, 5.41) is 9.67. The second kappa shape index (κ2) is 6.33. The molecule has 0 radical (unpaired) electrons. The Morgan fingerprint density at radius 3 is 2.68 bits per heavy atom. The van der Waals surface area contributed by atoms with Crippen molar-refractivity contribution in [3.63, 3.8) is 0 Å². The molecule has 0 saturated carbocycles. The molecule has 1 aromatic heterocycles. The summed E-state index contributed by atoms with van der Waals surface area (Å²) >= 11 is 0. The van der Waals surface area contributed by atoms with E-state index < -0.39 is 6.04 Å². The van der Waals surface area contributed by atoms with Crippen LogP contribution in [-0.4, -0.2) is 57.6 Å². The van der Waals surface area contributed by atoms with Gasteiger partial charge in [0.25, 0.3) is 0 Å². The lowest BCUT2D eigenvalue weighted by Gasteiger charge is -2.24. The van der Waals surface area contributed by atoms with E-state index in [4.69, 9.17) is 0 Å². The number of anilines is 2. The average molecular weight is 306 g/mol. The molecule has 8 nitrogen and oxygen atoms in total. The Hall–Kier alpha value is -2.12. The van der Waals surface area contributed by atoms with E-state index in [-0.39, 0.29) is 11.8 Å². The van der Waals surface area contributed by atoms with Crippen molar-refractivity contribution in [3.8, 4) is 0 Å². The highest BCUT2D eigenvalue weighted by Crippen LogP contribution is 2.20. The van der Waals surface area contributed by atoms with Crippen LogP contribution in [0.1, 0.15) is 39.0 Å². The summed E-state index contributed by atoms with van der Waals surface area (Å²) in [6, 6.07) is -0.402. The lowest BCUT2D eigenvalue weighted by atomic mass is 10.1. The number of likely N-dealkylation sites (tertiary alicyclic amines) is 1. The van der Waals surface area contributed by atoms with Gasteiger partial charge in [-0.1, -0.05) is 0 Å². The Kier molecular flexibility index (Phi) is 4.26. The molecule has 1 aromatic rings. The molecule has 8 heteroatoms. The van der Waals surface area contributed by atoms with Crippen molar-refractivity contribution in [1.29, 1.82) is 0 Å². The summed E-state index contributed by atoms with van der Waals surface area (Å²) in [6.45, 7) is 4.04. The van der Waals surface area contributed by atoms with E-state index in [1.165, 1.54) is 13.3 Å². The third-order valence-corrected chi connectivity index (χ3v) is 4.31. The first-order valence-corrected chi connectivity index (χ1v) is 7.90. The summed E-state index contributed by atoms with van der Waals surface area (Å²) in [4.78, 5) is 31.9. The van der Waals surface area contributed by atoms with Crippen LogP contribution in [0.4, 0.5) is 11.9 Å². The molecule has 0 aromatic carbocycles. The minimum atomic E-state index is -0.402. The minimum Gasteiger partial charge on any atom is -0.340 e. The number of aromatic amines is 1. The van der Waals surface area contributed by atoms with E-state index >= 15 is 0 Å². The van der Waals surface area contributed by atoms with Gasteiger partial charge in [0.1, 0.15) is 6.04 Å². The normalized spacial score (nSPS) is 22.0. The predicted octanol–water partition coefficient (Wildman–Crippen LogP) is 0.744. The number of aromatic nitrogens is 3. The van der Waals surface area contributed by atoms with Crippen molar-refractivity contribution < 1.29 is 9.59 Å². The summed E-state index contributed by atoms with van der Waals surface area (Å²) < 4.78 is 0. The van der Waals surface area contributed by atoms with E-state index in [1.807, 2.05) is 0 Å². The maximum Gasteiger partial charge on any atom is 0.249 e. The second-order valence-electron chi connectivity index (χ2n) is 5.89. The number of hydrogen-bond acceptors (Lipinski definition) is 5. The van der Waals surface area contributed by atoms with Crippen LogP contribution in [0.5, 0.6) is 0 Å². The Morgan fingerprint density at radius 1 is 1.18 bits per heavy atom. The van der Waals surface area contributed by atoms with Gasteiger partial charge in [-0.05, 0) is 32.1 Å². The Balaban J connectivity index is 1.62. The average Bonchev–Trinajstić information content (AvgIpc) is 3.17. The zero-order chi connectivity index (χ0) is 15.5. The third-order valence-electron chi connectivity index (χ3n) is 4.31. The van der Waals surface area contributed by atoms with E-state index in [0.29, 0.717) is 24.9 Å². The zero-order valence-corrected chi connectivity index (χ0v) is 12.8. The van der Waals surface area contributed by atoms with Crippen LogP contribution < -0.4 is 10.2 Å². The fourth-order valence-corrected chi connectivity index (χ4v) is 3.16. The zero-order valence-electron chi connectivity index (χ0n) is 12.8. The molecule has 3 rings (SSSR count). The quantitative estimate of drug-likeness (QED) is 0.859. The number of amides is 2. The number of H-pyrrole nitrogens is 1. The molecule has 2 saturated heterocycles. The minimum absolute atomic E-state index is 0.0655. The van der Waals surface area contributed by atoms with Gasteiger partial charge in [0, 0.05) is 26.6 Å². The van der Waals surface area contributed by atoms with Crippen LogP contribution >= 0.6 is 0 Å². The molecule has 2 N–H and O–H groups in total. The molecule has 0 spiro atoms. The van der Waals surface area contributed by atoms with Crippen LogP contribution in [0.2, 0.25) is 0 Å². The molecule has 2 fully saturated rings. The summed E-state index contributed by atoms with van der Waals surface area (Å²) in [5.74, 6) is 0.712. The molecule has 3 heterocycles. The number of nitrogens with one attached hydrogen (secondary N) is 2. The van der Waals surface area contributed by atoms with Crippen molar-refractivity contribution in [1.82, 2.24) is 20.1 Å². The van der Waals surface area contributed by atoms with Crippen LogP contribution in [0.25, 0.3) is 0 Å². The van der Waals surface area contributed by atoms with Crippen LogP contribution in [0.3, 0.4) is 0 Å². The number of rotatable bonds is 3. The number of nitrogens with zero attached hydrogens (tertiary/aromatic N) is 4. The van der Waals surface area contributed by atoms with Crippen molar-refractivity contribution in [2.75, 3.05) is 29.9 Å². The monoisotopic (exact) mass is 306 g/mol. The standard InChI is InChI=1S/C14H22N6O2/c1-10(21)20-9-5-6-11(20)12(22)15-13-16-14(18-17-13)19-7-3-2-4-8-19/h11H,2-9H2,1H3,(H2,15,16,17,18,22). The van der Waals surface area contributed by atoms with E-state index in [1.54, 1.807) is 4.90 Å². The van der Waals surface area contributed by atoms with Crippen LogP contribution in [-0.2, 0) is 9.59 Å². The van der Waals surface area contributed by atoms with Gasteiger partial charge in [0.05, 0.1) is 0 Å². The third kappa shape index (κ3) is 3.05. The van der Waals surface area contributed by atoms with E-state index in [0.717, 1.165) is 32.4 Å². The van der Waals surface area contributed by atoms with Gasteiger partial charge in [-0.15, -0.1) is 5.10 Å². The van der Waals surface area contributed by atoms with Crippen molar-refractivity contribution >= 4 is 23.7 Å². The summed E-state index contributed by atoms with van der Waals surface area (Å²) in [5.41, 5.74) is 0. The number of carbonyl (C=O) groups is 2. The number of hydrogen-bond donors (Lipinski definition) is 2. The van der Waals surface area contributed by atoms with Crippen LogP contribution in [0.15, 0.2) is 0 Å². The molecule has 2 aliphatic rings. The smallest absolute Gasteiger partial charge is 0.249 e. The highest BCUT2D eigenvalue weighted by atomic mass is 16.2. The van der Waals surface area contributed by atoms with Crippen molar-refractivity contribution in [2.24, 2.45) is 0 Å². The van der Waals surface area contributed by atoms with Gasteiger partial charge in [-0.25, -0.2) is 5.10 Å². The number of carbonyl (C=O) groups excluding carboxylic acids is 2. The van der Waals surface area contributed by atoms with Gasteiger partial charge in [0.15, 0.2) is 0 Å². The van der Waals surface area contributed by atoms with E-state index in [9.17, 15) is 9.59 Å². The van der Waals surface area contributed by atoms with Gasteiger partial charge in [0.2, 0.25) is 23.7 Å². The van der Waals surface area contributed by atoms with Crippen molar-refractivity contribution in [3.05, 3.63) is 0 Å². The lowest BCUT2D eigenvalue weighted by Crippen LogP contribution is -2.42. The van der Waals surface area contributed by atoms with Crippen LogP contribution in [0, 0.1) is 0 Å². The maximum absolute atomic E-state index is 12.3. The molecule has 2 aliphatic heterocycles. The first-order valence-electron chi connectivity index (χ1n) is 7.90. The van der Waals surface area contributed by atoms with Gasteiger partial charge in [-0.2, -0.15) is 4.98 Å². The van der Waals surface area contributed by atoms with Gasteiger partial charge >= 0.3 is 0 Å². The first kappa shape index (κ1) is 14.8. The summed E-state index contributed by atoms with van der Waals surface area (Å²) in [7, 11) is 0. The SMILES string of the molecule is CC(=O)N1CCCC1C(=O)Nc1nc(N2CCCCC2)n[nH]1. The molecule has 0 bridgehead atoms. The Labute approximate surface area is 129 Å².